The van der Waals surface area contributed by atoms with Gasteiger partial charge in [-0.3, -0.25) is 0 Å². The van der Waals surface area contributed by atoms with Gasteiger partial charge in [-0.15, -0.1) is 11.3 Å². The first kappa shape index (κ1) is 14.0. The number of ether oxygens (including phenoxy) is 1. The van der Waals surface area contributed by atoms with Crippen LogP contribution in [0, 0.1) is 0 Å². The fraction of sp³-hybridized carbons (Fsp3) is 0.0833. The van der Waals surface area contributed by atoms with Crippen LogP contribution < -0.4 is 15.4 Å². The number of anilines is 2. The molecule has 0 bridgehead atoms. The van der Waals surface area contributed by atoms with E-state index in [0.717, 1.165) is 0 Å². The Bertz CT molecular complexity index is 601. The lowest BCUT2D eigenvalue weighted by atomic mass is 10.3. The van der Waals surface area contributed by atoms with Crippen LogP contribution in [0.1, 0.15) is 0 Å². The van der Waals surface area contributed by atoms with Gasteiger partial charge in [-0.25, -0.2) is 4.79 Å². The van der Waals surface area contributed by atoms with Crippen molar-refractivity contribution in [1.29, 1.82) is 0 Å². The highest BCUT2D eigenvalue weighted by atomic mass is 35.5. The Labute approximate surface area is 124 Å². The molecule has 0 saturated heterocycles. The van der Waals surface area contributed by atoms with Gasteiger partial charge in [-0.1, -0.05) is 29.3 Å². The zero-order valence-electron chi connectivity index (χ0n) is 9.87. The smallest absolute Gasteiger partial charge is 0.323 e. The first-order valence-corrected chi connectivity index (χ1v) is 6.94. The van der Waals surface area contributed by atoms with Gasteiger partial charge in [0, 0.05) is 10.8 Å². The summed E-state index contributed by atoms with van der Waals surface area (Å²) in [6, 6.07) is 4.60. The molecule has 1 aromatic carbocycles. The number of hydrogen-bond acceptors (Lipinski definition) is 3. The topological polar surface area (TPSA) is 50.4 Å². The van der Waals surface area contributed by atoms with E-state index in [1.165, 1.54) is 11.3 Å². The van der Waals surface area contributed by atoms with Crippen LogP contribution in [0.3, 0.4) is 0 Å². The minimum Gasteiger partial charge on any atom is -0.494 e. The van der Waals surface area contributed by atoms with Crippen molar-refractivity contribution in [3.05, 3.63) is 39.0 Å². The summed E-state index contributed by atoms with van der Waals surface area (Å²) in [4.78, 5) is 11.8. The third kappa shape index (κ3) is 3.32. The molecule has 2 aromatic rings. The number of methoxy groups -OCH3 is 1. The third-order valence-corrected chi connectivity index (χ3v) is 3.84. The molecule has 7 heteroatoms. The van der Waals surface area contributed by atoms with E-state index in [1.54, 1.807) is 36.1 Å². The second-order valence-corrected chi connectivity index (χ2v) is 5.06. The second kappa shape index (κ2) is 6.14. The molecule has 1 heterocycles. The van der Waals surface area contributed by atoms with Gasteiger partial charge in [0.25, 0.3) is 0 Å². The van der Waals surface area contributed by atoms with Gasteiger partial charge in [0.1, 0.15) is 0 Å². The SMILES string of the molecule is COc1cscc1NC(=O)Nc1cccc(Cl)c1Cl. The molecular formula is C12H10Cl2N2O2S. The predicted molar refractivity (Wildman–Crippen MR) is 80.0 cm³/mol. The average molecular weight is 317 g/mol. The summed E-state index contributed by atoms with van der Waals surface area (Å²) in [6.07, 6.45) is 0. The second-order valence-electron chi connectivity index (χ2n) is 3.53. The van der Waals surface area contributed by atoms with Crippen molar-refractivity contribution in [2.45, 2.75) is 0 Å². The Morgan fingerprint density at radius 2 is 1.95 bits per heavy atom. The van der Waals surface area contributed by atoms with E-state index < -0.39 is 6.03 Å². The largest absolute Gasteiger partial charge is 0.494 e. The van der Waals surface area contributed by atoms with E-state index in [0.29, 0.717) is 27.2 Å². The number of nitrogens with one attached hydrogen (secondary N) is 2. The molecule has 0 spiro atoms. The Balaban J connectivity index is 2.08. The van der Waals surface area contributed by atoms with Gasteiger partial charge in [0.2, 0.25) is 0 Å². The number of amides is 2. The van der Waals surface area contributed by atoms with Gasteiger partial charge in [0.15, 0.2) is 5.75 Å². The lowest BCUT2D eigenvalue weighted by Gasteiger charge is -2.09. The number of benzene rings is 1. The van der Waals surface area contributed by atoms with Crippen molar-refractivity contribution < 1.29 is 9.53 Å². The summed E-state index contributed by atoms with van der Waals surface area (Å²) in [5, 5.41) is 9.55. The molecular weight excluding hydrogens is 307 g/mol. The highest BCUT2D eigenvalue weighted by Gasteiger charge is 2.11. The van der Waals surface area contributed by atoms with Gasteiger partial charge < -0.3 is 15.4 Å². The van der Waals surface area contributed by atoms with E-state index in [2.05, 4.69) is 10.6 Å². The maximum atomic E-state index is 11.8. The lowest BCUT2D eigenvalue weighted by molar-refractivity contribution is 0.262. The quantitative estimate of drug-likeness (QED) is 0.861. The average Bonchev–Trinajstić information content (AvgIpc) is 2.82. The molecule has 100 valence electrons. The normalized spacial score (nSPS) is 10.1. The molecule has 0 radical (unpaired) electrons. The predicted octanol–water partition coefficient (Wildman–Crippen LogP) is 4.71. The van der Waals surface area contributed by atoms with Gasteiger partial charge >= 0.3 is 6.03 Å². The molecule has 0 fully saturated rings. The molecule has 1 aromatic heterocycles. The molecule has 0 aliphatic rings. The Kier molecular flexibility index (Phi) is 4.52. The van der Waals surface area contributed by atoms with Crippen LogP contribution in [0.2, 0.25) is 10.0 Å². The highest BCUT2D eigenvalue weighted by molar-refractivity contribution is 7.08. The van der Waals surface area contributed by atoms with E-state index in [1.807, 2.05) is 0 Å². The Morgan fingerprint density at radius 1 is 1.21 bits per heavy atom. The first-order chi connectivity index (χ1) is 9.11. The highest BCUT2D eigenvalue weighted by Crippen LogP contribution is 2.31. The van der Waals surface area contributed by atoms with Crippen LogP contribution in [0.5, 0.6) is 5.75 Å². The number of halogens is 2. The van der Waals surface area contributed by atoms with Crippen LogP contribution in [-0.4, -0.2) is 13.1 Å². The van der Waals surface area contributed by atoms with Crippen LogP contribution >= 0.6 is 34.5 Å². The molecule has 0 aliphatic heterocycles. The minimum absolute atomic E-state index is 0.302. The van der Waals surface area contributed by atoms with Crippen LogP contribution in [-0.2, 0) is 0 Å². The maximum absolute atomic E-state index is 11.8. The van der Waals surface area contributed by atoms with Crippen molar-refractivity contribution in [2.75, 3.05) is 17.7 Å². The number of urea groups is 1. The van der Waals surface area contributed by atoms with Crippen LogP contribution in [0.4, 0.5) is 16.2 Å². The first-order valence-electron chi connectivity index (χ1n) is 5.24. The van der Waals surface area contributed by atoms with E-state index in [4.69, 9.17) is 27.9 Å². The molecule has 4 nitrogen and oxygen atoms in total. The monoisotopic (exact) mass is 316 g/mol. The zero-order chi connectivity index (χ0) is 13.8. The van der Waals surface area contributed by atoms with Crippen molar-refractivity contribution in [1.82, 2.24) is 0 Å². The van der Waals surface area contributed by atoms with Gasteiger partial charge in [-0.05, 0) is 12.1 Å². The van der Waals surface area contributed by atoms with Crippen molar-refractivity contribution in [3.63, 3.8) is 0 Å². The summed E-state index contributed by atoms with van der Waals surface area (Å²) < 4.78 is 5.10. The van der Waals surface area contributed by atoms with E-state index in [9.17, 15) is 4.79 Å². The van der Waals surface area contributed by atoms with E-state index in [-0.39, 0.29) is 0 Å². The summed E-state index contributed by atoms with van der Waals surface area (Å²) in [5.74, 6) is 0.609. The number of hydrogen-bond donors (Lipinski definition) is 2. The summed E-state index contributed by atoms with van der Waals surface area (Å²) in [6.45, 7) is 0. The molecule has 0 aliphatic carbocycles. The molecule has 0 atom stereocenters. The lowest BCUT2D eigenvalue weighted by Crippen LogP contribution is -2.19. The summed E-state index contributed by atoms with van der Waals surface area (Å²) in [7, 11) is 1.54. The van der Waals surface area contributed by atoms with Crippen molar-refractivity contribution in [3.8, 4) is 5.75 Å². The Hall–Kier alpha value is -1.43. The molecule has 2 amide bonds. The Morgan fingerprint density at radius 3 is 2.68 bits per heavy atom. The molecule has 19 heavy (non-hydrogen) atoms. The number of rotatable bonds is 3. The van der Waals surface area contributed by atoms with Crippen molar-refractivity contribution >= 4 is 51.9 Å². The minimum atomic E-state index is -0.416. The van der Waals surface area contributed by atoms with Crippen molar-refractivity contribution in [2.24, 2.45) is 0 Å². The van der Waals surface area contributed by atoms with Gasteiger partial charge in [-0.2, -0.15) is 0 Å². The summed E-state index contributed by atoms with van der Waals surface area (Å²) in [5.41, 5.74) is 1.05. The van der Waals surface area contributed by atoms with Crippen LogP contribution in [0.15, 0.2) is 29.0 Å². The number of carbonyl (C=O) groups is 1. The number of thiophene rings is 1. The standard InChI is InChI=1S/C12H10Cl2N2O2S/c1-18-10-6-19-5-9(10)16-12(17)15-8-4-2-3-7(13)11(8)14/h2-6H,1H3,(H2,15,16,17). The number of carbonyl (C=O) groups excluding carboxylic acids is 1. The van der Waals surface area contributed by atoms with E-state index >= 15 is 0 Å². The summed E-state index contributed by atoms with van der Waals surface area (Å²) >= 11 is 13.3. The van der Waals surface area contributed by atoms with Crippen LogP contribution in [0.25, 0.3) is 0 Å². The molecule has 2 rings (SSSR count). The van der Waals surface area contributed by atoms with Gasteiger partial charge in [0.05, 0.1) is 28.5 Å². The fourth-order valence-electron chi connectivity index (χ4n) is 1.41. The maximum Gasteiger partial charge on any atom is 0.323 e. The fourth-order valence-corrected chi connectivity index (χ4v) is 2.48. The molecule has 2 N–H and O–H groups in total. The zero-order valence-corrected chi connectivity index (χ0v) is 12.2. The molecule has 0 unspecified atom stereocenters. The molecule has 0 saturated carbocycles. The third-order valence-electron chi connectivity index (χ3n) is 2.29.